The van der Waals surface area contributed by atoms with E-state index in [9.17, 15) is 14.4 Å². The van der Waals surface area contributed by atoms with Gasteiger partial charge in [-0.1, -0.05) is 60.2 Å². The second kappa shape index (κ2) is 10.1. The van der Waals surface area contributed by atoms with E-state index < -0.39 is 23.4 Å². The lowest BCUT2D eigenvalue weighted by Crippen LogP contribution is -2.48. The van der Waals surface area contributed by atoms with Gasteiger partial charge in [-0.3, -0.25) is 14.4 Å². The maximum absolute atomic E-state index is 14.9. The molecular weight excluding hydrogens is 586 g/mol. The fourth-order valence-corrected chi connectivity index (χ4v) is 8.10. The Morgan fingerprint density at radius 2 is 1.60 bits per heavy atom. The molecule has 3 heterocycles. The van der Waals surface area contributed by atoms with Crippen LogP contribution in [0.5, 0.6) is 17.2 Å². The van der Waals surface area contributed by atoms with Crippen LogP contribution in [0.4, 0.5) is 5.69 Å². The van der Waals surface area contributed by atoms with Gasteiger partial charge in [0.05, 0.1) is 32.2 Å². The number of hydrogen-bond donors (Lipinski definition) is 0. The third-order valence-electron chi connectivity index (χ3n) is 8.87. The fraction of sp³-hybridized carbons (Fsp3) is 0.206. The molecule has 7 nitrogen and oxygen atoms in total. The predicted octanol–water partition coefficient (Wildman–Crippen LogP) is 6.74. The highest BCUT2D eigenvalue weighted by molar-refractivity contribution is 7.12. The lowest BCUT2D eigenvalue weighted by molar-refractivity contribution is 0.0664. The Morgan fingerprint density at radius 1 is 0.884 bits per heavy atom. The number of ketones is 3. The first-order chi connectivity index (χ1) is 20.9. The summed E-state index contributed by atoms with van der Waals surface area (Å²) in [6, 6.07) is 17.7. The van der Waals surface area contributed by atoms with Crippen LogP contribution >= 0.6 is 22.9 Å². The minimum Gasteiger partial charge on any atom is -0.493 e. The molecule has 1 fully saturated rings. The topological polar surface area (TPSA) is 82.1 Å². The van der Waals surface area contributed by atoms with Crippen molar-refractivity contribution in [3.8, 4) is 17.2 Å². The zero-order chi connectivity index (χ0) is 30.0. The van der Waals surface area contributed by atoms with Crippen molar-refractivity contribution in [3.63, 3.8) is 0 Å². The van der Waals surface area contributed by atoms with Gasteiger partial charge in [0.1, 0.15) is 11.5 Å². The maximum Gasteiger partial charge on any atom is 0.203 e. The average molecular weight is 612 g/mol. The van der Waals surface area contributed by atoms with Gasteiger partial charge in [-0.2, -0.15) is 0 Å². The summed E-state index contributed by atoms with van der Waals surface area (Å²) in [5, 5.41) is 2.38. The Hall–Kier alpha value is -4.40. The SMILES string of the molecule is COc1ccc([C@@H]2[C@@H](C(=O)c3cccs3)N3c4ccc(Cl)cc4C=C[C@@H]3C23C(=O)c2ccccc2C3=O)c(OC)c1OC. The first kappa shape index (κ1) is 27.4. The predicted molar refractivity (Wildman–Crippen MR) is 166 cm³/mol. The van der Waals surface area contributed by atoms with Crippen LogP contribution in [-0.2, 0) is 0 Å². The minimum absolute atomic E-state index is 0.202. The lowest BCUT2D eigenvalue weighted by atomic mass is 9.64. The fourth-order valence-electron chi connectivity index (χ4n) is 7.22. The van der Waals surface area contributed by atoms with Crippen LogP contribution < -0.4 is 19.1 Å². The molecule has 1 saturated heterocycles. The number of carbonyl (C=O) groups is 3. The molecule has 0 saturated carbocycles. The molecule has 7 rings (SSSR count). The lowest BCUT2D eigenvalue weighted by Gasteiger charge is -2.37. The number of ether oxygens (including phenoxy) is 3. The van der Waals surface area contributed by atoms with Crippen molar-refractivity contribution in [1.82, 2.24) is 0 Å². The van der Waals surface area contributed by atoms with Gasteiger partial charge >= 0.3 is 0 Å². The van der Waals surface area contributed by atoms with Crippen molar-refractivity contribution < 1.29 is 28.6 Å². The van der Waals surface area contributed by atoms with Gasteiger partial charge in [0.2, 0.25) is 5.75 Å². The second-order valence-electron chi connectivity index (χ2n) is 10.7. The molecule has 0 bridgehead atoms. The number of rotatable bonds is 6. The standard InChI is InChI=1S/C34H26ClNO6S/c1-40-24-14-12-22(30(41-2)31(24)42-3)27-28(29(37)25-9-6-16-43-25)36-23-13-11-19(35)17-18(23)10-15-26(36)34(27)32(38)20-7-4-5-8-21(20)33(34)39/h4-17,26-28H,1-3H3/t26-,27-,28+/m1/s1. The van der Waals surface area contributed by atoms with Crippen LogP contribution in [0.15, 0.2) is 78.2 Å². The van der Waals surface area contributed by atoms with Crippen molar-refractivity contribution in [2.75, 3.05) is 26.2 Å². The summed E-state index contributed by atoms with van der Waals surface area (Å²) in [5.41, 5.74) is 1.01. The molecule has 2 aliphatic heterocycles. The molecule has 0 N–H and O–H groups in total. The Bertz CT molecular complexity index is 1810. The number of Topliss-reactive ketones (excluding diaryl/α,β-unsaturated/α-hetero) is 3. The Kier molecular flexibility index (Phi) is 6.45. The normalized spacial score (nSPS) is 21.0. The van der Waals surface area contributed by atoms with E-state index in [4.69, 9.17) is 25.8 Å². The van der Waals surface area contributed by atoms with Gasteiger partial charge in [0, 0.05) is 33.3 Å². The van der Waals surface area contributed by atoms with Gasteiger partial charge in [0.25, 0.3) is 0 Å². The highest BCUT2D eigenvalue weighted by atomic mass is 35.5. The van der Waals surface area contributed by atoms with E-state index in [1.54, 1.807) is 48.5 Å². The summed E-state index contributed by atoms with van der Waals surface area (Å²) in [6.07, 6.45) is 3.75. The number of methoxy groups -OCH3 is 3. The van der Waals surface area contributed by atoms with Crippen molar-refractivity contribution >= 4 is 52.1 Å². The summed E-state index contributed by atoms with van der Waals surface area (Å²) in [4.78, 5) is 46.9. The average Bonchev–Trinajstić information content (AvgIpc) is 3.73. The molecule has 3 aromatic carbocycles. The molecule has 1 aliphatic carbocycles. The molecule has 0 radical (unpaired) electrons. The van der Waals surface area contributed by atoms with E-state index >= 15 is 0 Å². The largest absolute Gasteiger partial charge is 0.493 e. The molecule has 0 amide bonds. The molecule has 3 atom stereocenters. The van der Waals surface area contributed by atoms with Crippen LogP contribution in [0.25, 0.3) is 6.08 Å². The second-order valence-corrected chi connectivity index (χ2v) is 12.1. The number of anilines is 1. The highest BCUT2D eigenvalue weighted by Gasteiger charge is 2.72. The van der Waals surface area contributed by atoms with Crippen LogP contribution in [0.2, 0.25) is 5.02 Å². The van der Waals surface area contributed by atoms with E-state index in [-0.39, 0.29) is 17.3 Å². The van der Waals surface area contributed by atoms with Crippen molar-refractivity contribution in [1.29, 1.82) is 0 Å². The third kappa shape index (κ3) is 3.63. The number of fused-ring (bicyclic) bond motifs is 5. The number of thiophene rings is 1. The molecule has 4 aromatic rings. The van der Waals surface area contributed by atoms with Crippen LogP contribution in [0.1, 0.15) is 47.4 Å². The Balaban J connectivity index is 1.59. The zero-order valence-electron chi connectivity index (χ0n) is 23.5. The molecule has 216 valence electrons. The molecule has 9 heteroatoms. The smallest absolute Gasteiger partial charge is 0.203 e. The monoisotopic (exact) mass is 611 g/mol. The minimum atomic E-state index is -1.68. The maximum atomic E-state index is 14.9. The number of nitrogens with zero attached hydrogens (tertiary/aromatic N) is 1. The highest BCUT2D eigenvalue weighted by Crippen LogP contribution is 2.63. The van der Waals surface area contributed by atoms with Gasteiger partial charge in [-0.05, 0) is 41.3 Å². The van der Waals surface area contributed by atoms with E-state index in [1.807, 2.05) is 40.6 Å². The van der Waals surface area contributed by atoms with Crippen molar-refractivity contribution in [3.05, 3.63) is 110 Å². The molecule has 1 aromatic heterocycles. The molecule has 1 spiro atoms. The van der Waals surface area contributed by atoms with E-state index in [0.29, 0.717) is 49.5 Å². The first-order valence-electron chi connectivity index (χ1n) is 13.7. The Morgan fingerprint density at radius 3 is 2.23 bits per heavy atom. The number of benzene rings is 3. The van der Waals surface area contributed by atoms with Crippen molar-refractivity contribution in [2.24, 2.45) is 5.41 Å². The zero-order valence-corrected chi connectivity index (χ0v) is 25.1. The summed E-state index contributed by atoms with van der Waals surface area (Å²) in [5.74, 6) is -0.787. The van der Waals surface area contributed by atoms with Crippen molar-refractivity contribution in [2.45, 2.75) is 18.0 Å². The molecule has 0 unspecified atom stereocenters. The van der Waals surface area contributed by atoms with Crippen LogP contribution in [0, 0.1) is 5.41 Å². The molecule has 43 heavy (non-hydrogen) atoms. The van der Waals surface area contributed by atoms with Crippen LogP contribution in [-0.4, -0.2) is 50.8 Å². The third-order valence-corrected chi connectivity index (χ3v) is 9.99. The van der Waals surface area contributed by atoms with E-state index in [1.165, 1.54) is 32.7 Å². The van der Waals surface area contributed by atoms with Gasteiger partial charge in [0.15, 0.2) is 28.8 Å². The number of halogens is 1. The summed E-state index contributed by atoms with van der Waals surface area (Å²) >= 11 is 7.71. The van der Waals surface area contributed by atoms with Crippen LogP contribution in [0.3, 0.4) is 0 Å². The first-order valence-corrected chi connectivity index (χ1v) is 15.0. The quantitative estimate of drug-likeness (QED) is 0.176. The number of carbonyl (C=O) groups excluding carboxylic acids is 3. The Labute approximate surface area is 257 Å². The van der Waals surface area contributed by atoms with Gasteiger partial charge in [-0.25, -0.2) is 0 Å². The molecular formula is C34H26ClNO6S. The molecule has 3 aliphatic rings. The summed E-state index contributed by atoms with van der Waals surface area (Å²) < 4.78 is 17.2. The van der Waals surface area contributed by atoms with E-state index in [2.05, 4.69) is 0 Å². The van der Waals surface area contributed by atoms with Gasteiger partial charge < -0.3 is 19.1 Å². The number of hydrogen-bond acceptors (Lipinski definition) is 8. The van der Waals surface area contributed by atoms with E-state index in [0.717, 1.165) is 5.56 Å². The summed E-state index contributed by atoms with van der Waals surface area (Å²) in [7, 11) is 4.51. The summed E-state index contributed by atoms with van der Waals surface area (Å²) in [6.45, 7) is 0. The van der Waals surface area contributed by atoms with Gasteiger partial charge in [-0.15, -0.1) is 11.3 Å².